The molecule has 2 rings (SSSR count). The first kappa shape index (κ1) is 17.7. The van der Waals surface area contributed by atoms with Crippen molar-refractivity contribution in [3.8, 4) is 11.5 Å². The van der Waals surface area contributed by atoms with Crippen molar-refractivity contribution < 1.29 is 22.3 Å². The van der Waals surface area contributed by atoms with Gasteiger partial charge in [-0.3, -0.25) is 4.72 Å². The summed E-state index contributed by atoms with van der Waals surface area (Å²) in [4.78, 5) is -0.596. The molecule has 23 heavy (non-hydrogen) atoms. The number of nitrogens with one attached hydrogen (secondary N) is 1. The van der Waals surface area contributed by atoms with Crippen LogP contribution in [0.15, 0.2) is 35.2 Å². The van der Waals surface area contributed by atoms with Crippen LogP contribution in [0.5, 0.6) is 11.5 Å². The van der Waals surface area contributed by atoms with Crippen LogP contribution in [0, 0.1) is 5.82 Å². The zero-order chi connectivity index (χ0) is 17.2. The van der Waals surface area contributed by atoms with E-state index in [2.05, 4.69) is 4.72 Å². The summed E-state index contributed by atoms with van der Waals surface area (Å²) in [7, 11) is -1.59. The molecule has 0 unspecified atom stereocenters. The lowest BCUT2D eigenvalue weighted by Gasteiger charge is -2.13. The van der Waals surface area contributed by atoms with Crippen molar-refractivity contribution in [2.75, 3.05) is 18.9 Å². The Hall–Kier alpha value is -1.70. The topological polar surface area (TPSA) is 64.6 Å². The first-order chi connectivity index (χ1) is 10.8. The lowest BCUT2D eigenvalue weighted by Crippen LogP contribution is -2.15. The van der Waals surface area contributed by atoms with E-state index >= 15 is 0 Å². The van der Waals surface area contributed by atoms with Crippen LogP contribution in [-0.2, 0) is 10.0 Å². The smallest absolute Gasteiger partial charge is 0.265 e. The van der Waals surface area contributed by atoms with Crippen LogP contribution in [0.25, 0.3) is 0 Å². The summed E-state index contributed by atoms with van der Waals surface area (Å²) in [5.74, 6) is -0.829. The SMILES string of the molecule is COc1cc(F)c(S(=O)(=O)Nc2ccc(Cl)cc2Cl)cc1OC. The van der Waals surface area contributed by atoms with Gasteiger partial charge in [0.05, 0.1) is 24.9 Å². The molecule has 0 aliphatic heterocycles. The maximum absolute atomic E-state index is 14.1. The minimum Gasteiger partial charge on any atom is -0.493 e. The molecule has 2 aromatic rings. The highest BCUT2D eigenvalue weighted by Gasteiger charge is 2.23. The van der Waals surface area contributed by atoms with Crippen molar-refractivity contribution in [3.63, 3.8) is 0 Å². The van der Waals surface area contributed by atoms with Gasteiger partial charge in [-0.25, -0.2) is 12.8 Å². The standard InChI is InChI=1S/C14H12Cl2FNO4S/c1-21-12-6-10(17)14(7-13(12)22-2)23(19,20)18-11-4-3-8(15)5-9(11)16/h3-7,18H,1-2H3. The average Bonchev–Trinajstić information content (AvgIpc) is 2.49. The Morgan fingerprint density at radius 3 is 2.22 bits per heavy atom. The molecule has 0 amide bonds. The first-order valence-corrected chi connectivity index (χ1v) is 8.42. The van der Waals surface area contributed by atoms with Gasteiger partial charge in [-0.1, -0.05) is 23.2 Å². The monoisotopic (exact) mass is 379 g/mol. The number of ether oxygens (including phenoxy) is 2. The zero-order valence-electron chi connectivity index (χ0n) is 12.1. The molecule has 0 bridgehead atoms. The highest BCUT2D eigenvalue weighted by atomic mass is 35.5. The summed E-state index contributed by atoms with van der Waals surface area (Å²) in [5.41, 5.74) is 0.0743. The van der Waals surface area contributed by atoms with Crippen molar-refractivity contribution in [3.05, 3.63) is 46.2 Å². The zero-order valence-corrected chi connectivity index (χ0v) is 14.4. The number of anilines is 1. The van der Waals surface area contributed by atoms with E-state index in [1.165, 1.54) is 32.4 Å². The van der Waals surface area contributed by atoms with Crippen molar-refractivity contribution in [1.82, 2.24) is 0 Å². The van der Waals surface area contributed by atoms with Crippen molar-refractivity contribution in [2.45, 2.75) is 4.90 Å². The fraction of sp³-hybridized carbons (Fsp3) is 0.143. The molecule has 0 spiro atoms. The Labute approximate surface area is 143 Å². The van der Waals surface area contributed by atoms with Crippen molar-refractivity contribution >= 4 is 38.9 Å². The predicted molar refractivity (Wildman–Crippen MR) is 86.8 cm³/mol. The largest absolute Gasteiger partial charge is 0.493 e. The number of sulfonamides is 1. The highest BCUT2D eigenvalue weighted by molar-refractivity contribution is 7.92. The fourth-order valence-electron chi connectivity index (χ4n) is 1.81. The van der Waals surface area contributed by atoms with Gasteiger partial charge in [0, 0.05) is 17.2 Å². The van der Waals surface area contributed by atoms with Gasteiger partial charge in [-0.15, -0.1) is 0 Å². The number of halogens is 3. The van der Waals surface area contributed by atoms with E-state index in [0.717, 1.165) is 12.1 Å². The molecule has 2 aromatic carbocycles. The lowest BCUT2D eigenvalue weighted by molar-refractivity contribution is 0.350. The number of benzene rings is 2. The Bertz CT molecular complexity index is 843. The van der Waals surface area contributed by atoms with E-state index < -0.39 is 20.7 Å². The normalized spacial score (nSPS) is 11.2. The van der Waals surface area contributed by atoms with Crippen LogP contribution in [0.1, 0.15) is 0 Å². The molecule has 124 valence electrons. The second-order valence-corrected chi connectivity index (χ2v) is 6.86. The molecule has 0 heterocycles. The molecule has 0 aliphatic rings. The molecule has 1 N–H and O–H groups in total. The predicted octanol–water partition coefficient (Wildman–Crippen LogP) is 3.95. The van der Waals surface area contributed by atoms with Crippen LogP contribution in [0.3, 0.4) is 0 Å². The van der Waals surface area contributed by atoms with Gasteiger partial charge in [0.15, 0.2) is 11.5 Å². The molecule has 0 aromatic heterocycles. The second kappa shape index (κ2) is 6.82. The third kappa shape index (κ3) is 3.80. The van der Waals surface area contributed by atoms with Crippen LogP contribution in [0.4, 0.5) is 10.1 Å². The van der Waals surface area contributed by atoms with E-state index in [9.17, 15) is 12.8 Å². The molecule has 0 saturated carbocycles. The third-order valence-corrected chi connectivity index (χ3v) is 4.83. The summed E-state index contributed by atoms with van der Waals surface area (Å²) in [6.07, 6.45) is 0. The quantitative estimate of drug-likeness (QED) is 0.853. The van der Waals surface area contributed by atoms with Gasteiger partial charge >= 0.3 is 0 Å². The fourth-order valence-corrected chi connectivity index (χ4v) is 3.48. The Morgan fingerprint density at radius 2 is 1.65 bits per heavy atom. The molecular weight excluding hydrogens is 368 g/mol. The number of methoxy groups -OCH3 is 2. The summed E-state index contributed by atoms with van der Waals surface area (Å²) in [5, 5.41) is 0.428. The molecule has 0 radical (unpaired) electrons. The van der Waals surface area contributed by atoms with Gasteiger partial charge in [-0.05, 0) is 18.2 Å². The number of rotatable bonds is 5. The highest BCUT2D eigenvalue weighted by Crippen LogP contribution is 2.33. The van der Waals surface area contributed by atoms with Crippen LogP contribution < -0.4 is 14.2 Å². The van der Waals surface area contributed by atoms with Crippen molar-refractivity contribution in [2.24, 2.45) is 0 Å². The van der Waals surface area contributed by atoms with Crippen LogP contribution in [0.2, 0.25) is 10.0 Å². The van der Waals surface area contributed by atoms with Crippen LogP contribution in [-0.4, -0.2) is 22.6 Å². The average molecular weight is 380 g/mol. The summed E-state index contributed by atoms with van der Waals surface area (Å²) < 4.78 is 51.0. The summed E-state index contributed by atoms with van der Waals surface area (Å²) in [6.45, 7) is 0. The van der Waals surface area contributed by atoms with Gasteiger partial charge in [0.1, 0.15) is 10.7 Å². The molecule has 0 atom stereocenters. The second-order valence-electron chi connectivity index (χ2n) is 4.37. The van der Waals surface area contributed by atoms with Gasteiger partial charge < -0.3 is 9.47 Å². The Kier molecular flexibility index (Phi) is 5.23. The van der Waals surface area contributed by atoms with E-state index in [0.29, 0.717) is 5.02 Å². The van der Waals surface area contributed by atoms with Crippen molar-refractivity contribution in [1.29, 1.82) is 0 Å². The number of hydrogen-bond acceptors (Lipinski definition) is 4. The first-order valence-electron chi connectivity index (χ1n) is 6.18. The van der Waals surface area contributed by atoms with Gasteiger partial charge in [0.2, 0.25) is 0 Å². The molecule has 0 fully saturated rings. The van der Waals surface area contributed by atoms with E-state index in [1.807, 2.05) is 0 Å². The molecule has 9 heteroatoms. The van der Waals surface area contributed by atoms with Crippen LogP contribution >= 0.6 is 23.2 Å². The third-order valence-electron chi connectivity index (χ3n) is 2.90. The molecule has 0 saturated heterocycles. The molecular formula is C14H12Cl2FNO4S. The van der Waals surface area contributed by atoms with Gasteiger partial charge in [0.25, 0.3) is 10.0 Å². The maximum atomic E-state index is 14.1. The Morgan fingerprint density at radius 1 is 1.04 bits per heavy atom. The van der Waals surface area contributed by atoms with Gasteiger partial charge in [-0.2, -0.15) is 0 Å². The molecule has 5 nitrogen and oxygen atoms in total. The lowest BCUT2D eigenvalue weighted by atomic mass is 10.3. The van der Waals surface area contributed by atoms with E-state index in [-0.39, 0.29) is 22.2 Å². The van der Waals surface area contributed by atoms with E-state index in [4.69, 9.17) is 32.7 Å². The summed E-state index contributed by atoms with van der Waals surface area (Å²) in [6, 6.07) is 6.15. The minimum absolute atomic E-state index is 0.0743. The minimum atomic E-state index is -4.23. The maximum Gasteiger partial charge on any atom is 0.265 e. The Balaban J connectivity index is 2.47. The summed E-state index contributed by atoms with van der Waals surface area (Å²) >= 11 is 11.7. The molecule has 0 aliphatic carbocycles. The van der Waals surface area contributed by atoms with E-state index in [1.54, 1.807) is 0 Å². The number of hydrogen-bond donors (Lipinski definition) is 1.